The van der Waals surface area contributed by atoms with Crippen molar-refractivity contribution in [2.45, 2.75) is 46.1 Å². The second kappa shape index (κ2) is 11.0. The zero-order valence-corrected chi connectivity index (χ0v) is 20.4. The van der Waals surface area contributed by atoms with Gasteiger partial charge in [0.25, 0.3) is 5.56 Å². The van der Waals surface area contributed by atoms with Gasteiger partial charge in [0.2, 0.25) is 12.7 Å². The van der Waals surface area contributed by atoms with Crippen LogP contribution in [0.3, 0.4) is 0 Å². The number of ether oxygens (including phenoxy) is 3. The first-order valence-corrected chi connectivity index (χ1v) is 12.0. The van der Waals surface area contributed by atoms with Gasteiger partial charge >= 0.3 is 0 Å². The molecule has 8 nitrogen and oxygen atoms in total. The first-order chi connectivity index (χ1) is 17.4. The van der Waals surface area contributed by atoms with Crippen molar-refractivity contribution in [3.05, 3.63) is 80.6 Å². The van der Waals surface area contributed by atoms with Crippen LogP contribution in [0.25, 0.3) is 0 Å². The third kappa shape index (κ3) is 5.05. The number of pyridine rings is 1. The van der Waals surface area contributed by atoms with Gasteiger partial charge in [0, 0.05) is 5.56 Å². The van der Waals surface area contributed by atoms with Crippen molar-refractivity contribution < 1.29 is 24.1 Å². The molecule has 0 fully saturated rings. The molecule has 1 N–H and O–H groups in total. The topological polar surface area (TPSA) is 111 Å². The number of rotatable bonds is 10. The number of unbranched alkanes of at least 4 members (excludes halogenated alkanes) is 3. The Bertz CT molecular complexity index is 1370. The van der Waals surface area contributed by atoms with E-state index in [-0.39, 0.29) is 30.0 Å². The summed E-state index contributed by atoms with van der Waals surface area (Å²) in [6, 6.07) is 13.7. The van der Waals surface area contributed by atoms with Crippen LogP contribution in [0, 0.1) is 18.3 Å². The van der Waals surface area contributed by atoms with Crippen molar-refractivity contribution >= 4 is 5.78 Å². The Morgan fingerprint density at radius 1 is 1.11 bits per heavy atom. The van der Waals surface area contributed by atoms with Crippen LogP contribution in [0.2, 0.25) is 0 Å². The Balaban J connectivity index is 1.62. The lowest BCUT2D eigenvalue weighted by Crippen LogP contribution is -2.27. The molecular formula is C28H28N2O6. The first kappa shape index (κ1) is 24.9. The summed E-state index contributed by atoms with van der Waals surface area (Å²) in [4.78, 5) is 26.4. The molecule has 3 aromatic rings. The van der Waals surface area contributed by atoms with E-state index in [9.17, 15) is 20.0 Å². The Kier molecular flexibility index (Phi) is 7.59. The normalized spacial score (nSPS) is 11.8. The van der Waals surface area contributed by atoms with Gasteiger partial charge in [0.15, 0.2) is 17.3 Å². The molecule has 0 aliphatic carbocycles. The smallest absolute Gasteiger partial charge is 0.271 e. The lowest BCUT2D eigenvalue weighted by atomic mass is 9.97. The van der Waals surface area contributed by atoms with Crippen LogP contribution in [-0.4, -0.2) is 28.9 Å². The highest BCUT2D eigenvalue weighted by molar-refractivity contribution is 6.11. The summed E-state index contributed by atoms with van der Waals surface area (Å²) in [6.07, 6.45) is 4.39. The van der Waals surface area contributed by atoms with Gasteiger partial charge in [-0.15, -0.1) is 0 Å². The number of carbonyl (C=O) groups is 1. The van der Waals surface area contributed by atoms with Crippen molar-refractivity contribution in [3.8, 4) is 29.2 Å². The minimum absolute atomic E-state index is 0.0542. The minimum Gasteiger partial charge on any atom is -0.494 e. The number of ketones is 1. The van der Waals surface area contributed by atoms with Crippen molar-refractivity contribution in [1.29, 1.82) is 5.26 Å². The maximum Gasteiger partial charge on any atom is 0.271 e. The lowest BCUT2D eigenvalue weighted by Gasteiger charge is -2.16. The summed E-state index contributed by atoms with van der Waals surface area (Å²) >= 11 is 0. The van der Waals surface area contributed by atoms with Crippen LogP contribution in [-0.2, 0) is 6.54 Å². The van der Waals surface area contributed by atoms with Gasteiger partial charge in [-0.25, -0.2) is 0 Å². The van der Waals surface area contributed by atoms with Gasteiger partial charge in [0.05, 0.1) is 18.7 Å². The zero-order chi connectivity index (χ0) is 25.7. The van der Waals surface area contributed by atoms with E-state index in [4.69, 9.17) is 14.2 Å². The molecule has 0 atom stereocenters. The largest absolute Gasteiger partial charge is 0.494 e. The molecule has 186 valence electrons. The van der Waals surface area contributed by atoms with E-state index in [1.807, 2.05) is 6.07 Å². The Morgan fingerprint density at radius 2 is 1.86 bits per heavy atom. The third-order valence-electron chi connectivity index (χ3n) is 6.19. The van der Waals surface area contributed by atoms with E-state index in [2.05, 4.69) is 6.92 Å². The van der Waals surface area contributed by atoms with E-state index in [1.165, 1.54) is 13.3 Å². The number of hydrogen-bond acceptors (Lipinski definition) is 7. The number of benzene rings is 2. The lowest BCUT2D eigenvalue weighted by molar-refractivity contribution is 0.103. The molecule has 1 aliphatic heterocycles. The highest BCUT2D eigenvalue weighted by Gasteiger charge is 2.25. The highest BCUT2D eigenvalue weighted by atomic mass is 16.7. The third-order valence-corrected chi connectivity index (χ3v) is 6.19. The fourth-order valence-corrected chi connectivity index (χ4v) is 4.16. The molecule has 2 aromatic carbocycles. The molecule has 36 heavy (non-hydrogen) atoms. The molecule has 1 aromatic heterocycles. The van der Waals surface area contributed by atoms with Gasteiger partial charge < -0.3 is 19.3 Å². The minimum atomic E-state index is -0.673. The number of hydrogen-bond donors (Lipinski definition) is 1. The monoisotopic (exact) mass is 488 g/mol. The summed E-state index contributed by atoms with van der Waals surface area (Å²) < 4.78 is 17.5. The molecule has 0 saturated carbocycles. The van der Waals surface area contributed by atoms with Gasteiger partial charge in [-0.1, -0.05) is 32.3 Å². The second-order valence-electron chi connectivity index (χ2n) is 8.65. The highest BCUT2D eigenvalue weighted by Crippen LogP contribution is 2.33. The second-order valence-corrected chi connectivity index (χ2v) is 8.65. The van der Waals surface area contributed by atoms with Gasteiger partial charge in [-0.3, -0.25) is 14.2 Å². The number of aromatic hydroxyl groups is 1. The Labute approximate surface area is 209 Å². The number of nitrogens with zero attached hydrogens (tertiary/aromatic N) is 2. The summed E-state index contributed by atoms with van der Waals surface area (Å²) in [5, 5.41) is 20.7. The Hall–Kier alpha value is -4.25. The number of aromatic nitrogens is 1. The number of fused-ring (bicyclic) bond motifs is 1. The van der Waals surface area contributed by atoms with E-state index in [1.54, 1.807) is 42.5 Å². The number of nitriles is 1. The van der Waals surface area contributed by atoms with Crippen LogP contribution >= 0.6 is 0 Å². The van der Waals surface area contributed by atoms with Crippen molar-refractivity contribution in [1.82, 2.24) is 4.57 Å². The zero-order valence-electron chi connectivity index (χ0n) is 20.4. The molecule has 4 rings (SSSR count). The van der Waals surface area contributed by atoms with E-state index in [0.717, 1.165) is 23.8 Å². The van der Waals surface area contributed by atoms with Crippen LogP contribution in [0.15, 0.2) is 47.3 Å². The molecule has 1 aliphatic rings. The molecule has 0 unspecified atom stereocenters. The molecule has 0 bridgehead atoms. The van der Waals surface area contributed by atoms with Crippen molar-refractivity contribution in [2.24, 2.45) is 0 Å². The van der Waals surface area contributed by atoms with Crippen molar-refractivity contribution in [3.63, 3.8) is 0 Å². The maximum atomic E-state index is 13.4. The Morgan fingerprint density at radius 3 is 2.58 bits per heavy atom. The van der Waals surface area contributed by atoms with Gasteiger partial charge in [-0.2, -0.15) is 5.26 Å². The van der Waals surface area contributed by atoms with E-state index < -0.39 is 17.2 Å². The van der Waals surface area contributed by atoms with Crippen LogP contribution in [0.1, 0.15) is 65.2 Å². The van der Waals surface area contributed by atoms with Crippen molar-refractivity contribution in [2.75, 3.05) is 13.4 Å². The molecule has 2 heterocycles. The molecule has 8 heteroatoms. The predicted octanol–water partition coefficient (Wildman–Crippen LogP) is 4.70. The quantitative estimate of drug-likeness (QED) is 0.325. The van der Waals surface area contributed by atoms with Crippen LogP contribution < -0.4 is 19.8 Å². The molecule has 0 saturated heterocycles. The average Bonchev–Trinajstić information content (AvgIpc) is 3.35. The molecular weight excluding hydrogens is 460 g/mol. The van der Waals surface area contributed by atoms with E-state index >= 15 is 0 Å². The molecule has 0 amide bonds. The summed E-state index contributed by atoms with van der Waals surface area (Å²) in [5.74, 6) is 0.776. The molecule has 0 radical (unpaired) electrons. The van der Waals surface area contributed by atoms with Crippen LogP contribution in [0.4, 0.5) is 0 Å². The predicted molar refractivity (Wildman–Crippen MR) is 133 cm³/mol. The summed E-state index contributed by atoms with van der Waals surface area (Å²) in [6.45, 7) is 4.30. The number of carbonyl (C=O) groups excluding carboxylic acids is 1. The summed E-state index contributed by atoms with van der Waals surface area (Å²) in [7, 11) is 0. The molecule has 0 spiro atoms. The summed E-state index contributed by atoms with van der Waals surface area (Å²) in [5.41, 5.74) is 0.146. The SMILES string of the molecule is CCCCCCOc1ccc(C(=O)c2c(C)c(C#N)c(=O)n(Cc3ccc4c(c3)OCO4)c2O)cc1. The van der Waals surface area contributed by atoms with E-state index in [0.29, 0.717) is 35.0 Å². The van der Waals surface area contributed by atoms with Gasteiger partial charge in [-0.05, 0) is 60.9 Å². The van der Waals surface area contributed by atoms with Gasteiger partial charge in [0.1, 0.15) is 17.4 Å². The van der Waals surface area contributed by atoms with Crippen LogP contribution in [0.5, 0.6) is 23.1 Å². The fourth-order valence-electron chi connectivity index (χ4n) is 4.16. The average molecular weight is 489 g/mol. The standard InChI is InChI=1S/C28H28N2O6/c1-3-4-5-6-13-34-21-10-8-20(9-11-21)26(31)25-18(2)22(15-29)27(32)30(28(25)33)16-19-7-12-23-24(14-19)36-17-35-23/h7-12,14,33H,3-6,13,16-17H2,1-2H3. The fraction of sp³-hybridized carbons (Fsp3) is 0.321. The first-order valence-electron chi connectivity index (χ1n) is 12.0. The maximum absolute atomic E-state index is 13.4.